The molecule has 2 aromatic carbocycles. The van der Waals surface area contributed by atoms with Crippen LogP contribution in [-0.4, -0.2) is 30.6 Å². The van der Waals surface area contributed by atoms with Gasteiger partial charge in [-0.15, -0.1) is 0 Å². The Morgan fingerprint density at radius 2 is 1.80 bits per heavy atom. The van der Waals surface area contributed by atoms with E-state index in [9.17, 15) is 4.79 Å². The Hall–Kier alpha value is -3.65. The van der Waals surface area contributed by atoms with Crippen molar-refractivity contribution >= 4 is 29.2 Å². The Morgan fingerprint density at radius 3 is 2.63 bits per heavy atom. The maximum Gasteiger partial charge on any atom is 0.335 e. The fourth-order valence-electron chi connectivity index (χ4n) is 3.38. The Labute approximate surface area is 176 Å². The summed E-state index contributed by atoms with van der Waals surface area (Å²) in [6, 6.07) is 13.3. The summed E-state index contributed by atoms with van der Waals surface area (Å²) in [5.74, 6) is 0.783. The van der Waals surface area contributed by atoms with E-state index in [2.05, 4.69) is 43.0 Å². The second kappa shape index (κ2) is 7.64. The molecule has 0 radical (unpaired) electrons. The Balaban J connectivity index is 1.34. The van der Waals surface area contributed by atoms with E-state index in [0.717, 1.165) is 38.4 Å². The van der Waals surface area contributed by atoms with Gasteiger partial charge < -0.3 is 15.0 Å². The van der Waals surface area contributed by atoms with Crippen LogP contribution in [-0.2, 0) is 13.0 Å². The zero-order chi connectivity index (χ0) is 20.5. The number of nitrogens with zero attached hydrogens (tertiary/aromatic N) is 4. The van der Waals surface area contributed by atoms with Crippen molar-refractivity contribution in [3.05, 3.63) is 89.8 Å². The molecule has 0 amide bonds. The lowest BCUT2D eigenvalue weighted by molar-refractivity contribution is 0.0697. The van der Waals surface area contributed by atoms with Crippen molar-refractivity contribution in [1.82, 2.24) is 19.5 Å². The first-order valence-corrected chi connectivity index (χ1v) is 10.2. The smallest absolute Gasteiger partial charge is 0.335 e. The summed E-state index contributed by atoms with van der Waals surface area (Å²) in [7, 11) is 0. The van der Waals surface area contributed by atoms with Gasteiger partial charge in [-0.1, -0.05) is 30.0 Å². The molecule has 0 aliphatic carbocycles. The number of carbonyl (C=O) groups is 1. The summed E-state index contributed by atoms with van der Waals surface area (Å²) >= 11 is 1.61. The second-order valence-corrected chi connectivity index (χ2v) is 7.95. The molecule has 148 valence electrons. The van der Waals surface area contributed by atoms with Crippen molar-refractivity contribution in [2.24, 2.45) is 0 Å². The molecule has 2 N–H and O–H groups in total. The van der Waals surface area contributed by atoms with Crippen LogP contribution in [0.4, 0.5) is 11.5 Å². The summed E-state index contributed by atoms with van der Waals surface area (Å²) in [5.41, 5.74) is 3.48. The molecule has 4 aromatic rings. The van der Waals surface area contributed by atoms with Crippen LogP contribution < -0.4 is 5.32 Å². The molecule has 0 saturated heterocycles. The van der Waals surface area contributed by atoms with Gasteiger partial charge in [0.05, 0.1) is 11.3 Å². The van der Waals surface area contributed by atoms with E-state index in [4.69, 9.17) is 5.11 Å². The highest BCUT2D eigenvalue weighted by Crippen LogP contribution is 2.42. The number of carboxylic acids is 1. The van der Waals surface area contributed by atoms with Gasteiger partial charge in [0.25, 0.3) is 0 Å². The summed E-state index contributed by atoms with van der Waals surface area (Å²) in [6.45, 7) is 0.690. The van der Waals surface area contributed by atoms with Crippen molar-refractivity contribution < 1.29 is 9.90 Å². The van der Waals surface area contributed by atoms with Crippen LogP contribution >= 0.6 is 11.8 Å². The molecule has 0 bridgehead atoms. The van der Waals surface area contributed by atoms with Crippen LogP contribution in [0.25, 0.3) is 0 Å². The first-order chi connectivity index (χ1) is 14.7. The third-order valence-electron chi connectivity index (χ3n) is 4.89. The van der Waals surface area contributed by atoms with Gasteiger partial charge in [0.1, 0.15) is 10.9 Å². The van der Waals surface area contributed by atoms with Gasteiger partial charge in [0, 0.05) is 42.6 Å². The first kappa shape index (κ1) is 18.4. The monoisotopic (exact) mass is 415 g/mol. The molecule has 30 heavy (non-hydrogen) atoms. The number of benzene rings is 2. The number of hydrogen-bond donors (Lipinski definition) is 2. The molecule has 0 unspecified atom stereocenters. The lowest BCUT2D eigenvalue weighted by atomic mass is 10.1. The summed E-state index contributed by atoms with van der Waals surface area (Å²) in [4.78, 5) is 25.4. The normalized spacial score (nSPS) is 12.0. The van der Waals surface area contributed by atoms with E-state index >= 15 is 0 Å². The van der Waals surface area contributed by atoms with Crippen molar-refractivity contribution in [3.8, 4) is 0 Å². The van der Waals surface area contributed by atoms with E-state index in [1.54, 1.807) is 42.5 Å². The van der Waals surface area contributed by atoms with Crippen molar-refractivity contribution in [2.45, 2.75) is 22.9 Å². The summed E-state index contributed by atoms with van der Waals surface area (Å²) in [6.07, 6.45) is 7.77. The molecule has 1 aliphatic heterocycles. The van der Waals surface area contributed by atoms with Crippen molar-refractivity contribution in [3.63, 3.8) is 0 Å². The Morgan fingerprint density at radius 1 is 1.00 bits per heavy atom. The second-order valence-electron chi connectivity index (χ2n) is 6.92. The van der Waals surface area contributed by atoms with E-state index < -0.39 is 5.97 Å². The molecule has 0 atom stereocenters. The standard InChI is InChI=1S/C22H17N5O2S/c28-22(29)16-4-1-14(2-5-16)12-19-23-9-10-27(19)13-15-3-6-18-17(11-15)26-20-21(30-18)25-8-7-24-20/h1-11H,12-13H2,(H,24,26)(H,28,29). The lowest BCUT2D eigenvalue weighted by Gasteiger charge is -2.19. The molecule has 5 rings (SSSR count). The molecule has 7 nitrogen and oxygen atoms in total. The SMILES string of the molecule is O=C(O)c1ccc(Cc2nccn2Cc2ccc3c(c2)Nc2nccnc2S3)cc1. The van der Waals surface area contributed by atoms with E-state index in [1.165, 1.54) is 0 Å². The first-order valence-electron chi connectivity index (χ1n) is 9.37. The van der Waals surface area contributed by atoms with Crippen LogP contribution in [0.5, 0.6) is 0 Å². The zero-order valence-electron chi connectivity index (χ0n) is 15.8. The highest BCUT2D eigenvalue weighted by atomic mass is 32.2. The third kappa shape index (κ3) is 3.65. The average molecular weight is 415 g/mol. The highest BCUT2D eigenvalue weighted by Gasteiger charge is 2.18. The lowest BCUT2D eigenvalue weighted by Crippen LogP contribution is -2.07. The molecule has 2 aromatic heterocycles. The topological polar surface area (TPSA) is 92.9 Å². The van der Waals surface area contributed by atoms with Gasteiger partial charge in [-0.25, -0.2) is 19.7 Å². The summed E-state index contributed by atoms with van der Waals surface area (Å²) < 4.78 is 2.11. The molecular weight excluding hydrogens is 398 g/mol. The predicted molar refractivity (Wildman–Crippen MR) is 113 cm³/mol. The predicted octanol–water partition coefficient (Wildman–Crippen LogP) is 4.22. The number of carboxylic acid groups (broad SMARTS) is 1. The minimum atomic E-state index is -0.921. The molecule has 0 saturated carbocycles. The maximum atomic E-state index is 11.0. The number of hydrogen-bond acceptors (Lipinski definition) is 6. The highest BCUT2D eigenvalue weighted by molar-refractivity contribution is 7.99. The largest absolute Gasteiger partial charge is 0.478 e. The third-order valence-corrected chi connectivity index (χ3v) is 5.95. The minimum Gasteiger partial charge on any atom is -0.478 e. The van der Waals surface area contributed by atoms with Gasteiger partial charge in [0.15, 0.2) is 5.82 Å². The van der Waals surface area contributed by atoms with Crippen LogP contribution in [0, 0.1) is 0 Å². The fraction of sp³-hybridized carbons (Fsp3) is 0.0909. The van der Waals surface area contributed by atoms with Gasteiger partial charge in [-0.3, -0.25) is 0 Å². The van der Waals surface area contributed by atoms with Crippen LogP contribution in [0.1, 0.15) is 27.3 Å². The Kier molecular flexibility index (Phi) is 4.68. The molecular formula is C22H17N5O2S. The fourth-order valence-corrected chi connectivity index (χ4v) is 4.25. The van der Waals surface area contributed by atoms with E-state index in [-0.39, 0.29) is 5.56 Å². The number of nitrogens with one attached hydrogen (secondary N) is 1. The van der Waals surface area contributed by atoms with Gasteiger partial charge in [-0.05, 0) is 35.4 Å². The molecule has 1 aliphatic rings. The number of fused-ring (bicyclic) bond motifs is 2. The number of aromatic carboxylic acids is 1. The van der Waals surface area contributed by atoms with Gasteiger partial charge in [-0.2, -0.15) is 0 Å². The molecule has 3 heterocycles. The summed E-state index contributed by atoms with van der Waals surface area (Å²) in [5, 5.41) is 13.3. The van der Waals surface area contributed by atoms with Crippen LogP contribution in [0.15, 0.2) is 77.2 Å². The van der Waals surface area contributed by atoms with Crippen LogP contribution in [0.2, 0.25) is 0 Å². The molecule has 8 heteroatoms. The number of anilines is 2. The van der Waals surface area contributed by atoms with Crippen molar-refractivity contribution in [2.75, 3.05) is 5.32 Å². The molecule has 0 spiro atoms. The molecule has 0 fully saturated rings. The Bertz CT molecular complexity index is 1240. The van der Waals surface area contributed by atoms with Crippen LogP contribution in [0.3, 0.4) is 0 Å². The maximum absolute atomic E-state index is 11.0. The van der Waals surface area contributed by atoms with Crippen molar-refractivity contribution in [1.29, 1.82) is 0 Å². The van der Waals surface area contributed by atoms with Gasteiger partial charge >= 0.3 is 5.97 Å². The zero-order valence-corrected chi connectivity index (χ0v) is 16.6. The minimum absolute atomic E-state index is 0.285. The number of rotatable bonds is 5. The quantitative estimate of drug-likeness (QED) is 0.444. The average Bonchev–Trinajstić information content (AvgIpc) is 3.19. The number of aromatic nitrogens is 4. The number of imidazole rings is 1. The van der Waals surface area contributed by atoms with E-state index in [1.807, 2.05) is 18.3 Å². The van der Waals surface area contributed by atoms with E-state index in [0.29, 0.717) is 13.0 Å². The van der Waals surface area contributed by atoms with Gasteiger partial charge in [0.2, 0.25) is 0 Å².